The molecule has 0 saturated heterocycles. The summed E-state index contributed by atoms with van der Waals surface area (Å²) in [6, 6.07) is 14.0. The van der Waals surface area contributed by atoms with Crippen LogP contribution in [-0.4, -0.2) is 22.4 Å². The van der Waals surface area contributed by atoms with E-state index in [2.05, 4.69) is 48.6 Å². The minimum atomic E-state index is -0.238. The number of aryl methyl sites for hydroxylation is 4. The molecule has 0 spiro atoms. The molecule has 0 bridgehead atoms. The van der Waals surface area contributed by atoms with Crippen LogP contribution >= 0.6 is 0 Å². The number of para-hydroxylation sites is 1. The van der Waals surface area contributed by atoms with E-state index in [1.807, 2.05) is 43.5 Å². The molecular formula is C22H26N4O. The van der Waals surface area contributed by atoms with Crippen LogP contribution in [0.25, 0.3) is 5.69 Å². The molecule has 0 atom stereocenters. The van der Waals surface area contributed by atoms with Crippen molar-refractivity contribution in [1.82, 2.24) is 15.1 Å². The van der Waals surface area contributed by atoms with E-state index >= 15 is 0 Å². The molecule has 0 saturated carbocycles. The van der Waals surface area contributed by atoms with Gasteiger partial charge in [-0.3, -0.25) is 5.32 Å². The van der Waals surface area contributed by atoms with Crippen LogP contribution in [0.2, 0.25) is 0 Å². The van der Waals surface area contributed by atoms with Gasteiger partial charge in [-0.15, -0.1) is 5.10 Å². The predicted molar refractivity (Wildman–Crippen MR) is 110 cm³/mol. The number of amides is 2. The molecule has 5 nitrogen and oxygen atoms in total. The Hall–Kier alpha value is -3.08. The van der Waals surface area contributed by atoms with Gasteiger partial charge in [0, 0.05) is 18.3 Å². The first kappa shape index (κ1) is 18.7. The SMILES string of the molecule is Cc1cc(C)c(CCNC(=O)Nc2nn(-c3ccccc3)cc2C)cc1C. The second kappa shape index (κ2) is 8.08. The van der Waals surface area contributed by atoms with Crippen LogP contribution in [0.15, 0.2) is 48.7 Å². The Kier molecular flexibility index (Phi) is 5.60. The Morgan fingerprint density at radius 1 is 0.963 bits per heavy atom. The minimum Gasteiger partial charge on any atom is -0.337 e. The zero-order valence-corrected chi connectivity index (χ0v) is 16.3. The number of aromatic nitrogens is 2. The van der Waals surface area contributed by atoms with E-state index in [1.165, 1.54) is 22.3 Å². The number of carbonyl (C=O) groups is 1. The molecule has 0 fully saturated rings. The maximum atomic E-state index is 12.2. The van der Waals surface area contributed by atoms with Crippen molar-refractivity contribution in [2.45, 2.75) is 34.1 Å². The van der Waals surface area contributed by atoms with Gasteiger partial charge in [-0.1, -0.05) is 30.3 Å². The molecule has 3 rings (SSSR count). The van der Waals surface area contributed by atoms with Crippen LogP contribution in [0.1, 0.15) is 27.8 Å². The second-order valence-electron chi connectivity index (χ2n) is 6.93. The summed E-state index contributed by atoms with van der Waals surface area (Å²) in [6.07, 6.45) is 2.71. The molecular weight excluding hydrogens is 336 g/mol. The van der Waals surface area contributed by atoms with Gasteiger partial charge in [0.15, 0.2) is 5.82 Å². The van der Waals surface area contributed by atoms with Crippen LogP contribution in [0.5, 0.6) is 0 Å². The lowest BCUT2D eigenvalue weighted by Crippen LogP contribution is -2.31. The van der Waals surface area contributed by atoms with Crippen LogP contribution in [-0.2, 0) is 6.42 Å². The normalized spacial score (nSPS) is 10.7. The van der Waals surface area contributed by atoms with Crippen molar-refractivity contribution in [1.29, 1.82) is 0 Å². The number of nitrogens with one attached hydrogen (secondary N) is 2. The van der Waals surface area contributed by atoms with Crippen LogP contribution in [0.4, 0.5) is 10.6 Å². The van der Waals surface area contributed by atoms with Crippen LogP contribution in [0, 0.1) is 27.7 Å². The van der Waals surface area contributed by atoms with Gasteiger partial charge in [-0.05, 0) is 68.5 Å². The molecule has 0 aliphatic heterocycles. The number of hydrogen-bond donors (Lipinski definition) is 2. The fraction of sp³-hybridized carbons (Fsp3) is 0.273. The number of anilines is 1. The molecule has 2 aromatic carbocycles. The standard InChI is InChI=1S/C22H26N4O/c1-15-12-17(3)19(13-16(15)2)10-11-23-22(27)24-21-18(4)14-26(25-21)20-8-6-5-7-9-20/h5-9,12-14H,10-11H2,1-4H3,(H2,23,24,25,27). The number of urea groups is 1. The van der Waals surface area contributed by atoms with Gasteiger partial charge in [-0.25, -0.2) is 9.48 Å². The van der Waals surface area contributed by atoms with E-state index in [4.69, 9.17) is 0 Å². The fourth-order valence-electron chi connectivity index (χ4n) is 3.05. The van der Waals surface area contributed by atoms with Crippen molar-refractivity contribution in [2.24, 2.45) is 0 Å². The van der Waals surface area contributed by atoms with Gasteiger partial charge >= 0.3 is 6.03 Å². The van der Waals surface area contributed by atoms with Crippen molar-refractivity contribution in [3.8, 4) is 5.69 Å². The number of nitrogens with zero attached hydrogens (tertiary/aromatic N) is 2. The lowest BCUT2D eigenvalue weighted by Gasteiger charge is -2.11. The summed E-state index contributed by atoms with van der Waals surface area (Å²) in [5.74, 6) is 0.568. The maximum Gasteiger partial charge on any atom is 0.320 e. The van der Waals surface area contributed by atoms with E-state index in [1.54, 1.807) is 4.68 Å². The highest BCUT2D eigenvalue weighted by Crippen LogP contribution is 2.16. The molecule has 2 N–H and O–H groups in total. The molecule has 3 aromatic rings. The molecule has 140 valence electrons. The highest BCUT2D eigenvalue weighted by molar-refractivity contribution is 5.88. The Bertz CT molecular complexity index is 944. The number of rotatable bonds is 5. The third-order valence-electron chi connectivity index (χ3n) is 4.78. The van der Waals surface area contributed by atoms with Gasteiger partial charge < -0.3 is 5.32 Å². The number of hydrogen-bond acceptors (Lipinski definition) is 2. The van der Waals surface area contributed by atoms with Crippen molar-refractivity contribution < 1.29 is 4.79 Å². The highest BCUT2D eigenvalue weighted by atomic mass is 16.2. The molecule has 1 aromatic heterocycles. The van der Waals surface area contributed by atoms with Crippen molar-refractivity contribution in [2.75, 3.05) is 11.9 Å². The third kappa shape index (κ3) is 4.56. The van der Waals surface area contributed by atoms with Gasteiger partial charge in [0.25, 0.3) is 0 Å². The molecule has 2 amide bonds. The van der Waals surface area contributed by atoms with Crippen LogP contribution < -0.4 is 10.6 Å². The molecule has 1 heterocycles. The zero-order chi connectivity index (χ0) is 19.4. The molecule has 0 aliphatic carbocycles. The topological polar surface area (TPSA) is 59.0 Å². The Morgan fingerprint density at radius 3 is 2.41 bits per heavy atom. The minimum absolute atomic E-state index is 0.238. The van der Waals surface area contributed by atoms with Gasteiger partial charge in [-0.2, -0.15) is 0 Å². The van der Waals surface area contributed by atoms with Crippen molar-refractivity contribution in [3.63, 3.8) is 0 Å². The average Bonchev–Trinajstić information content (AvgIpc) is 3.00. The van der Waals surface area contributed by atoms with Crippen LogP contribution in [0.3, 0.4) is 0 Å². The number of carbonyl (C=O) groups excluding carboxylic acids is 1. The van der Waals surface area contributed by atoms with Crippen molar-refractivity contribution in [3.05, 3.63) is 76.5 Å². The summed E-state index contributed by atoms with van der Waals surface area (Å²) in [6.45, 7) is 8.86. The van der Waals surface area contributed by atoms with E-state index in [9.17, 15) is 4.79 Å². The van der Waals surface area contributed by atoms with E-state index in [-0.39, 0.29) is 6.03 Å². The third-order valence-corrected chi connectivity index (χ3v) is 4.78. The smallest absolute Gasteiger partial charge is 0.320 e. The second-order valence-corrected chi connectivity index (χ2v) is 6.93. The molecule has 0 aliphatic rings. The highest BCUT2D eigenvalue weighted by Gasteiger charge is 2.10. The first-order valence-electron chi connectivity index (χ1n) is 9.17. The maximum absolute atomic E-state index is 12.2. The Labute approximate surface area is 160 Å². The summed E-state index contributed by atoms with van der Waals surface area (Å²) in [5.41, 5.74) is 6.98. The molecule has 0 radical (unpaired) electrons. The lowest BCUT2D eigenvalue weighted by atomic mass is 9.99. The number of benzene rings is 2. The molecule has 27 heavy (non-hydrogen) atoms. The largest absolute Gasteiger partial charge is 0.337 e. The fourth-order valence-corrected chi connectivity index (χ4v) is 3.05. The van der Waals surface area contributed by atoms with E-state index in [0.717, 1.165) is 17.7 Å². The van der Waals surface area contributed by atoms with Gasteiger partial charge in [0.2, 0.25) is 0 Å². The first-order chi connectivity index (χ1) is 12.9. The van der Waals surface area contributed by atoms with E-state index in [0.29, 0.717) is 12.4 Å². The summed E-state index contributed by atoms with van der Waals surface area (Å²) in [4.78, 5) is 12.2. The Balaban J connectivity index is 1.57. The molecule has 5 heteroatoms. The van der Waals surface area contributed by atoms with E-state index < -0.39 is 0 Å². The summed E-state index contributed by atoms with van der Waals surface area (Å²) in [7, 11) is 0. The summed E-state index contributed by atoms with van der Waals surface area (Å²) < 4.78 is 1.77. The van der Waals surface area contributed by atoms with Gasteiger partial charge in [0.05, 0.1) is 5.69 Å². The van der Waals surface area contributed by atoms with Gasteiger partial charge in [0.1, 0.15) is 0 Å². The lowest BCUT2D eigenvalue weighted by molar-refractivity contribution is 0.252. The molecule has 0 unspecified atom stereocenters. The zero-order valence-electron chi connectivity index (χ0n) is 16.3. The summed E-state index contributed by atoms with van der Waals surface area (Å²) in [5, 5.41) is 10.2. The van der Waals surface area contributed by atoms with Crippen molar-refractivity contribution >= 4 is 11.8 Å². The predicted octanol–water partition coefficient (Wildman–Crippen LogP) is 4.47. The monoisotopic (exact) mass is 362 g/mol. The average molecular weight is 362 g/mol. The Morgan fingerprint density at radius 2 is 1.67 bits per heavy atom. The first-order valence-corrected chi connectivity index (χ1v) is 9.17. The quantitative estimate of drug-likeness (QED) is 0.703. The summed E-state index contributed by atoms with van der Waals surface area (Å²) >= 11 is 0.